The molecule has 1 saturated carbocycles. The SMILES string of the molecule is CC1CCc2c(sc3nc(SCC(=O)OC4CCCC(C)C4)n(-c4ccccc4)c(=O)c23)C1. The first-order valence-electron chi connectivity index (χ1n) is 11.9. The van der Waals surface area contributed by atoms with E-state index < -0.39 is 0 Å². The Balaban J connectivity index is 1.47. The minimum Gasteiger partial charge on any atom is -0.462 e. The third kappa shape index (κ3) is 4.76. The molecule has 5 nitrogen and oxygen atoms in total. The summed E-state index contributed by atoms with van der Waals surface area (Å²) in [7, 11) is 0. The highest BCUT2D eigenvalue weighted by Gasteiger charge is 2.26. The number of para-hydroxylation sites is 1. The second-order valence-electron chi connectivity index (χ2n) is 9.57. The van der Waals surface area contributed by atoms with Crippen molar-refractivity contribution in [2.24, 2.45) is 11.8 Å². The highest BCUT2D eigenvalue weighted by molar-refractivity contribution is 7.99. The number of rotatable bonds is 5. The lowest BCUT2D eigenvalue weighted by molar-refractivity contribution is -0.147. The molecule has 7 heteroatoms. The summed E-state index contributed by atoms with van der Waals surface area (Å²) in [6.45, 7) is 4.48. The standard InChI is InChI=1S/C26H30N2O3S2/c1-16-7-6-10-19(13-16)31-22(29)15-32-26-27-24-23(20-12-11-17(2)14-21(20)33-24)25(30)28(26)18-8-4-3-5-9-18/h3-5,8-9,16-17,19H,6-7,10-15H2,1-2H3. The van der Waals surface area contributed by atoms with Crippen molar-refractivity contribution >= 4 is 39.3 Å². The van der Waals surface area contributed by atoms with E-state index in [0.717, 1.165) is 54.4 Å². The molecule has 0 N–H and O–H groups in total. The first-order valence-corrected chi connectivity index (χ1v) is 13.7. The van der Waals surface area contributed by atoms with Crippen LogP contribution in [0.4, 0.5) is 0 Å². The van der Waals surface area contributed by atoms with E-state index in [1.54, 1.807) is 15.9 Å². The molecule has 0 aliphatic heterocycles. The molecule has 3 atom stereocenters. The summed E-state index contributed by atoms with van der Waals surface area (Å²) >= 11 is 2.94. The van der Waals surface area contributed by atoms with Gasteiger partial charge in [0, 0.05) is 4.88 Å². The van der Waals surface area contributed by atoms with Crippen LogP contribution in [0.5, 0.6) is 0 Å². The number of carbonyl (C=O) groups is 1. The Hall–Kier alpha value is -2.12. The number of esters is 1. The number of carbonyl (C=O) groups excluding carboxylic acids is 1. The van der Waals surface area contributed by atoms with Gasteiger partial charge in [-0.05, 0) is 68.1 Å². The molecule has 174 valence electrons. The molecule has 33 heavy (non-hydrogen) atoms. The number of thioether (sulfide) groups is 1. The van der Waals surface area contributed by atoms with Crippen molar-refractivity contribution in [3.8, 4) is 5.69 Å². The predicted molar refractivity (Wildman–Crippen MR) is 135 cm³/mol. The third-order valence-corrected chi connectivity index (χ3v) is 8.88. The molecule has 0 saturated heterocycles. The molecular weight excluding hydrogens is 452 g/mol. The van der Waals surface area contributed by atoms with Crippen LogP contribution in [-0.4, -0.2) is 27.4 Å². The van der Waals surface area contributed by atoms with E-state index in [1.165, 1.54) is 28.6 Å². The maximum atomic E-state index is 13.8. The minimum atomic E-state index is -0.229. The van der Waals surface area contributed by atoms with Gasteiger partial charge in [0.05, 0.1) is 16.8 Å². The zero-order valence-electron chi connectivity index (χ0n) is 19.2. The number of thiophene rings is 1. The molecule has 0 radical (unpaired) electrons. The number of hydrogen-bond acceptors (Lipinski definition) is 6. The van der Waals surface area contributed by atoms with Gasteiger partial charge in [0.1, 0.15) is 10.9 Å². The molecule has 2 aromatic heterocycles. The van der Waals surface area contributed by atoms with Crippen LogP contribution in [0.2, 0.25) is 0 Å². The van der Waals surface area contributed by atoms with Crippen LogP contribution in [0, 0.1) is 11.8 Å². The molecule has 1 fully saturated rings. The van der Waals surface area contributed by atoms with E-state index in [4.69, 9.17) is 9.72 Å². The maximum Gasteiger partial charge on any atom is 0.316 e. The molecule has 0 bridgehead atoms. The molecule has 2 aliphatic rings. The Morgan fingerprint density at radius 1 is 1.18 bits per heavy atom. The smallest absolute Gasteiger partial charge is 0.316 e. The zero-order chi connectivity index (χ0) is 22.9. The zero-order valence-corrected chi connectivity index (χ0v) is 20.8. The van der Waals surface area contributed by atoms with Gasteiger partial charge in [-0.25, -0.2) is 4.98 Å². The summed E-state index contributed by atoms with van der Waals surface area (Å²) < 4.78 is 7.43. The molecular formula is C26H30N2O3S2. The highest BCUT2D eigenvalue weighted by Crippen LogP contribution is 2.37. The van der Waals surface area contributed by atoms with Crippen LogP contribution in [0.1, 0.15) is 56.4 Å². The second-order valence-corrected chi connectivity index (χ2v) is 11.6. The quantitative estimate of drug-likeness (QED) is 0.262. The lowest BCUT2D eigenvalue weighted by atomic mass is 9.89. The molecule has 0 spiro atoms. The molecule has 3 unspecified atom stereocenters. The fraction of sp³-hybridized carbons (Fsp3) is 0.500. The van der Waals surface area contributed by atoms with Gasteiger partial charge in [-0.15, -0.1) is 11.3 Å². The van der Waals surface area contributed by atoms with E-state index in [2.05, 4.69) is 13.8 Å². The lowest BCUT2D eigenvalue weighted by Crippen LogP contribution is -2.26. The summed E-state index contributed by atoms with van der Waals surface area (Å²) in [6, 6.07) is 9.61. The Labute approximate surface area is 202 Å². The van der Waals surface area contributed by atoms with E-state index >= 15 is 0 Å². The van der Waals surface area contributed by atoms with Crippen molar-refractivity contribution in [3.63, 3.8) is 0 Å². The topological polar surface area (TPSA) is 61.2 Å². The van der Waals surface area contributed by atoms with Crippen molar-refractivity contribution in [3.05, 3.63) is 51.1 Å². The van der Waals surface area contributed by atoms with E-state index in [1.807, 2.05) is 30.3 Å². The van der Waals surface area contributed by atoms with Crippen LogP contribution in [0.3, 0.4) is 0 Å². The summed E-state index contributed by atoms with van der Waals surface area (Å²) in [5.74, 6) is 1.15. The average Bonchev–Trinajstić information content (AvgIpc) is 3.16. The van der Waals surface area contributed by atoms with Gasteiger partial charge in [-0.3, -0.25) is 14.2 Å². The fourth-order valence-corrected chi connectivity index (χ4v) is 7.32. The molecule has 2 heterocycles. The number of aromatic nitrogens is 2. The van der Waals surface area contributed by atoms with Crippen molar-refractivity contribution in [1.29, 1.82) is 0 Å². The summed E-state index contributed by atoms with van der Waals surface area (Å²) in [6.07, 6.45) is 7.26. The van der Waals surface area contributed by atoms with Crippen LogP contribution in [0.25, 0.3) is 15.9 Å². The number of fused-ring (bicyclic) bond motifs is 3. The van der Waals surface area contributed by atoms with Crippen LogP contribution in [0.15, 0.2) is 40.3 Å². The normalized spacial score (nSPS) is 22.8. The van der Waals surface area contributed by atoms with Crippen molar-refractivity contribution < 1.29 is 9.53 Å². The molecule has 3 aromatic rings. The van der Waals surface area contributed by atoms with Gasteiger partial charge in [0.25, 0.3) is 5.56 Å². The minimum absolute atomic E-state index is 0.0135. The summed E-state index contributed by atoms with van der Waals surface area (Å²) in [5, 5.41) is 1.31. The van der Waals surface area contributed by atoms with Crippen LogP contribution in [-0.2, 0) is 22.4 Å². The fourth-order valence-electron chi connectivity index (χ4n) is 5.10. The molecule has 1 aromatic carbocycles. The Morgan fingerprint density at radius 2 is 2.00 bits per heavy atom. The Bertz CT molecular complexity index is 1220. The van der Waals surface area contributed by atoms with Gasteiger partial charge in [0.15, 0.2) is 5.16 Å². The molecule has 2 aliphatic carbocycles. The maximum absolute atomic E-state index is 13.8. The lowest BCUT2D eigenvalue weighted by Gasteiger charge is -2.26. The number of nitrogens with zero attached hydrogens (tertiary/aromatic N) is 2. The van der Waals surface area contributed by atoms with Gasteiger partial charge in [-0.1, -0.05) is 50.2 Å². The largest absolute Gasteiger partial charge is 0.462 e. The number of benzene rings is 1. The van der Waals surface area contributed by atoms with Gasteiger partial charge in [-0.2, -0.15) is 0 Å². The van der Waals surface area contributed by atoms with E-state index in [9.17, 15) is 9.59 Å². The van der Waals surface area contributed by atoms with Crippen LogP contribution < -0.4 is 5.56 Å². The van der Waals surface area contributed by atoms with Gasteiger partial charge >= 0.3 is 5.97 Å². The summed E-state index contributed by atoms with van der Waals surface area (Å²) in [4.78, 5) is 33.4. The van der Waals surface area contributed by atoms with Crippen LogP contribution >= 0.6 is 23.1 Å². The number of aryl methyl sites for hydroxylation is 1. The van der Waals surface area contributed by atoms with Crippen molar-refractivity contribution in [2.75, 3.05) is 5.75 Å². The van der Waals surface area contributed by atoms with Crippen molar-refractivity contribution in [1.82, 2.24) is 9.55 Å². The number of hydrogen-bond donors (Lipinski definition) is 0. The Morgan fingerprint density at radius 3 is 2.79 bits per heavy atom. The average molecular weight is 483 g/mol. The number of ether oxygens (including phenoxy) is 1. The first kappa shape index (κ1) is 22.7. The monoisotopic (exact) mass is 482 g/mol. The first-order chi connectivity index (χ1) is 16.0. The molecule has 0 amide bonds. The van der Waals surface area contributed by atoms with Gasteiger partial charge < -0.3 is 4.74 Å². The van der Waals surface area contributed by atoms with E-state index in [-0.39, 0.29) is 23.4 Å². The summed E-state index contributed by atoms with van der Waals surface area (Å²) in [5.41, 5.74) is 1.92. The van der Waals surface area contributed by atoms with Crippen molar-refractivity contribution in [2.45, 2.75) is 70.1 Å². The van der Waals surface area contributed by atoms with Gasteiger partial charge in [0.2, 0.25) is 0 Å². The predicted octanol–water partition coefficient (Wildman–Crippen LogP) is 5.79. The molecule has 5 rings (SSSR count). The third-order valence-electron chi connectivity index (χ3n) is 6.82. The Kier molecular flexibility index (Phi) is 6.61. The highest BCUT2D eigenvalue weighted by atomic mass is 32.2. The second kappa shape index (κ2) is 9.63. The van der Waals surface area contributed by atoms with E-state index in [0.29, 0.717) is 17.0 Å².